The molecule has 0 aromatic carbocycles. The number of amides is 2. The average Bonchev–Trinajstić information content (AvgIpc) is 2.96. The zero-order valence-electron chi connectivity index (χ0n) is 32.3. The van der Waals surface area contributed by atoms with Crippen LogP contribution in [0.25, 0.3) is 0 Å². The maximum atomic E-state index is 12.6. The van der Waals surface area contributed by atoms with Crippen LogP contribution in [0.1, 0.15) is 120 Å². The highest BCUT2D eigenvalue weighted by molar-refractivity contribution is 7.99. The molecule has 0 saturated heterocycles. The number of thioether (sulfide) groups is 1. The Morgan fingerprint density at radius 3 is 1.86 bits per heavy atom. The molecule has 3 N–H and O–H groups in total. The van der Waals surface area contributed by atoms with Gasteiger partial charge in [-0.3, -0.25) is 19.2 Å². The fourth-order valence-corrected chi connectivity index (χ4v) is 5.32. The van der Waals surface area contributed by atoms with Crippen molar-refractivity contribution in [2.45, 2.75) is 143 Å². The number of ether oxygens (including phenoxy) is 5. The van der Waals surface area contributed by atoms with Crippen LogP contribution in [0, 0.1) is 5.92 Å². The van der Waals surface area contributed by atoms with Gasteiger partial charge >= 0.3 is 24.0 Å². The third-order valence-electron chi connectivity index (χ3n) is 6.48. The Morgan fingerprint density at radius 2 is 1.25 bits per heavy atom. The Balaban J connectivity index is 4.05. The highest BCUT2D eigenvalue weighted by Crippen LogP contribution is 2.19. The maximum Gasteiger partial charge on any atom is 0.408 e. The van der Waals surface area contributed by atoms with E-state index >= 15 is 0 Å². The lowest BCUT2D eigenvalue weighted by atomic mass is 9.97. The monoisotopic (exact) mass is 748 g/mol. The number of carbonyl (C=O) groups is 6. The zero-order chi connectivity index (χ0) is 39.1. The lowest BCUT2D eigenvalue weighted by Crippen LogP contribution is -2.47. The van der Waals surface area contributed by atoms with E-state index in [0.717, 1.165) is 37.9 Å². The van der Waals surface area contributed by atoms with Gasteiger partial charge in [0.25, 0.3) is 0 Å². The Bertz CT molecular complexity index is 1080. The van der Waals surface area contributed by atoms with E-state index in [-0.39, 0.29) is 50.8 Å². The predicted molar refractivity (Wildman–Crippen MR) is 195 cm³/mol. The lowest BCUT2D eigenvalue weighted by Gasteiger charge is -2.26. The first kappa shape index (κ1) is 48.1. The number of carbonyl (C=O) groups excluding carboxylic acids is 5. The number of Topliss-reactive ketones (excluding diaryl/α,β-unsaturated/α-hetero) is 1. The molecule has 0 radical (unpaired) electrons. The Hall–Kier alpha value is -2.91. The van der Waals surface area contributed by atoms with Gasteiger partial charge < -0.3 is 39.4 Å². The van der Waals surface area contributed by atoms with E-state index in [1.165, 1.54) is 0 Å². The molecule has 14 nitrogen and oxygen atoms in total. The predicted octanol–water partition coefficient (Wildman–Crippen LogP) is 5.23. The fraction of sp³-hybridized carbons (Fsp3) is 0.833. The fourth-order valence-electron chi connectivity index (χ4n) is 4.29. The molecule has 0 aliphatic carbocycles. The van der Waals surface area contributed by atoms with Gasteiger partial charge in [-0.1, -0.05) is 19.3 Å². The molecule has 2 atom stereocenters. The number of aliphatic carboxylic acids is 1. The summed E-state index contributed by atoms with van der Waals surface area (Å²) in [5.74, 6) is -2.20. The van der Waals surface area contributed by atoms with Crippen molar-refractivity contribution in [2.24, 2.45) is 5.92 Å². The standard InChI is InChI=1S/C36H64N2O12S/c1-34(2,3)48-31(43)26(16-17-30(41)42)23-27(39)24-47-21-20-46-19-18-37-29(40)15-13-11-10-12-14-22-51-25-28(32(44)49-35(4,5)6)38-33(45)50-36(7,8)9/h26,28H,10-25H2,1-9H3,(H,37,40)(H,38,45)(H,41,42). The summed E-state index contributed by atoms with van der Waals surface area (Å²) in [4.78, 5) is 72.6. The van der Waals surface area contributed by atoms with Crippen molar-refractivity contribution in [3.8, 4) is 0 Å². The molecule has 0 fully saturated rings. The molecule has 2 unspecified atom stereocenters. The quantitative estimate of drug-likeness (QED) is 0.0593. The molecule has 0 bridgehead atoms. The second-order valence-electron chi connectivity index (χ2n) is 15.2. The Labute approximate surface area is 308 Å². The number of unbranched alkanes of at least 4 members (excludes halogenated alkanes) is 4. The molecule has 0 spiro atoms. The van der Waals surface area contributed by atoms with E-state index in [4.69, 9.17) is 28.8 Å². The van der Waals surface area contributed by atoms with E-state index in [2.05, 4.69) is 10.6 Å². The topological polar surface area (TPSA) is 193 Å². The van der Waals surface area contributed by atoms with Crippen LogP contribution < -0.4 is 10.6 Å². The first-order valence-electron chi connectivity index (χ1n) is 17.8. The van der Waals surface area contributed by atoms with Crippen molar-refractivity contribution < 1.29 is 57.6 Å². The number of ketones is 1. The van der Waals surface area contributed by atoms with Crippen LogP contribution in [0.5, 0.6) is 0 Å². The normalized spacial score (nSPS) is 13.1. The molecule has 296 valence electrons. The van der Waals surface area contributed by atoms with Crippen LogP contribution in [0.15, 0.2) is 0 Å². The van der Waals surface area contributed by atoms with Gasteiger partial charge in [0.05, 0.1) is 25.7 Å². The van der Waals surface area contributed by atoms with Gasteiger partial charge in [0.2, 0.25) is 5.91 Å². The zero-order valence-corrected chi connectivity index (χ0v) is 33.1. The molecule has 51 heavy (non-hydrogen) atoms. The number of nitrogens with one attached hydrogen (secondary N) is 2. The van der Waals surface area contributed by atoms with E-state index in [1.54, 1.807) is 74.1 Å². The summed E-state index contributed by atoms with van der Waals surface area (Å²) in [6.45, 7) is 16.5. The first-order chi connectivity index (χ1) is 23.6. The summed E-state index contributed by atoms with van der Waals surface area (Å²) in [7, 11) is 0. The highest BCUT2D eigenvalue weighted by atomic mass is 32.2. The molecule has 0 heterocycles. The third kappa shape index (κ3) is 30.4. The first-order valence-corrected chi connectivity index (χ1v) is 18.9. The number of rotatable bonds is 26. The smallest absolute Gasteiger partial charge is 0.408 e. The third-order valence-corrected chi connectivity index (χ3v) is 7.63. The SMILES string of the molecule is CC(C)(C)OC(=O)NC(CSCCCCCCCC(=O)NCCOCCOCC(=O)CC(CCC(=O)O)C(=O)OC(C)(C)C)C(=O)OC(C)(C)C. The van der Waals surface area contributed by atoms with Gasteiger partial charge in [-0.15, -0.1) is 0 Å². The highest BCUT2D eigenvalue weighted by Gasteiger charge is 2.29. The van der Waals surface area contributed by atoms with E-state index in [0.29, 0.717) is 25.3 Å². The van der Waals surface area contributed by atoms with Gasteiger partial charge in [0, 0.05) is 31.6 Å². The minimum Gasteiger partial charge on any atom is -0.481 e. The second-order valence-corrected chi connectivity index (χ2v) is 16.4. The molecule has 0 rings (SSSR count). The molecular formula is C36H64N2O12S. The van der Waals surface area contributed by atoms with Crippen molar-refractivity contribution in [1.82, 2.24) is 10.6 Å². The van der Waals surface area contributed by atoms with Crippen LogP contribution in [0.3, 0.4) is 0 Å². The summed E-state index contributed by atoms with van der Waals surface area (Å²) in [5.41, 5.74) is -2.10. The van der Waals surface area contributed by atoms with Crippen molar-refractivity contribution in [1.29, 1.82) is 0 Å². The Morgan fingerprint density at radius 1 is 0.686 bits per heavy atom. The number of alkyl carbamates (subject to hydrolysis) is 1. The number of carboxylic acid groups (broad SMARTS) is 1. The van der Waals surface area contributed by atoms with Crippen molar-refractivity contribution in [3.05, 3.63) is 0 Å². The largest absolute Gasteiger partial charge is 0.481 e. The van der Waals surface area contributed by atoms with Gasteiger partial charge in [-0.05, 0) is 87.3 Å². The van der Waals surface area contributed by atoms with Crippen LogP contribution >= 0.6 is 11.8 Å². The van der Waals surface area contributed by atoms with Crippen molar-refractivity contribution in [2.75, 3.05) is 44.5 Å². The van der Waals surface area contributed by atoms with Gasteiger partial charge in [0.1, 0.15) is 29.5 Å². The number of carboxylic acids is 1. The van der Waals surface area contributed by atoms with E-state index in [9.17, 15) is 28.8 Å². The molecular weight excluding hydrogens is 684 g/mol. The van der Waals surface area contributed by atoms with Crippen molar-refractivity contribution >= 4 is 47.5 Å². The Kier molecular flexibility index (Phi) is 23.7. The van der Waals surface area contributed by atoms with Crippen LogP contribution in [-0.2, 0) is 47.7 Å². The molecule has 15 heteroatoms. The van der Waals surface area contributed by atoms with Gasteiger partial charge in [-0.2, -0.15) is 11.8 Å². The van der Waals surface area contributed by atoms with Gasteiger partial charge in [0.15, 0.2) is 5.78 Å². The molecule has 2 amide bonds. The van der Waals surface area contributed by atoms with Gasteiger partial charge in [-0.25, -0.2) is 9.59 Å². The average molecular weight is 749 g/mol. The molecule has 0 aromatic heterocycles. The molecule has 0 saturated carbocycles. The van der Waals surface area contributed by atoms with E-state index in [1.807, 2.05) is 0 Å². The molecule has 0 aliphatic heterocycles. The minimum atomic E-state index is -1.05. The van der Waals surface area contributed by atoms with Crippen LogP contribution in [0.2, 0.25) is 0 Å². The number of esters is 2. The van der Waals surface area contributed by atoms with Crippen molar-refractivity contribution in [3.63, 3.8) is 0 Å². The lowest BCUT2D eigenvalue weighted by molar-refractivity contribution is -0.162. The summed E-state index contributed by atoms with van der Waals surface area (Å²) in [6, 6.07) is -0.812. The second kappa shape index (κ2) is 25.1. The summed E-state index contributed by atoms with van der Waals surface area (Å²) >= 11 is 1.57. The van der Waals surface area contributed by atoms with Crippen LogP contribution in [0.4, 0.5) is 4.79 Å². The molecule has 0 aromatic rings. The number of hydrogen-bond acceptors (Lipinski definition) is 12. The summed E-state index contributed by atoms with van der Waals surface area (Å²) in [6.07, 6.45) is 3.96. The van der Waals surface area contributed by atoms with Crippen LogP contribution in [-0.4, -0.2) is 108 Å². The maximum absolute atomic E-state index is 12.6. The summed E-state index contributed by atoms with van der Waals surface area (Å²) in [5, 5.41) is 14.4. The molecule has 0 aliphatic rings. The van der Waals surface area contributed by atoms with E-state index < -0.39 is 52.8 Å². The summed E-state index contributed by atoms with van der Waals surface area (Å²) < 4.78 is 26.8. The minimum absolute atomic E-state index is 0.00347. The number of hydrogen-bond donors (Lipinski definition) is 3.